The summed E-state index contributed by atoms with van der Waals surface area (Å²) in [7, 11) is 0. The Morgan fingerprint density at radius 1 is 1.00 bits per heavy atom. The van der Waals surface area contributed by atoms with Crippen LogP contribution >= 0.6 is 0 Å². The molecular formula is C18H20N4. The quantitative estimate of drug-likeness (QED) is 0.926. The number of nitrogens with one attached hydrogen (secondary N) is 1. The van der Waals surface area contributed by atoms with E-state index in [1.165, 1.54) is 31.4 Å². The average molecular weight is 292 g/mol. The van der Waals surface area contributed by atoms with Gasteiger partial charge < -0.3 is 10.2 Å². The largest absolute Gasteiger partial charge is 0.371 e. The Morgan fingerprint density at radius 3 is 2.55 bits per heavy atom. The Labute approximate surface area is 131 Å². The Kier molecular flexibility index (Phi) is 4.55. The number of hydrogen-bond acceptors (Lipinski definition) is 4. The van der Waals surface area contributed by atoms with Crippen molar-refractivity contribution in [2.75, 3.05) is 23.3 Å². The second-order valence-corrected chi connectivity index (χ2v) is 5.60. The number of aromatic nitrogens is 1. The summed E-state index contributed by atoms with van der Waals surface area (Å²) < 4.78 is 0. The fourth-order valence-corrected chi connectivity index (χ4v) is 2.82. The highest BCUT2D eigenvalue weighted by atomic mass is 15.1. The molecule has 2 aromatic rings. The topological polar surface area (TPSA) is 52.0 Å². The van der Waals surface area contributed by atoms with E-state index in [1.807, 2.05) is 18.2 Å². The average Bonchev–Trinajstić information content (AvgIpc) is 2.84. The summed E-state index contributed by atoms with van der Waals surface area (Å²) in [5.74, 6) is 0.701. The molecule has 0 spiro atoms. The van der Waals surface area contributed by atoms with Crippen LogP contribution < -0.4 is 10.2 Å². The second-order valence-electron chi connectivity index (χ2n) is 5.60. The van der Waals surface area contributed by atoms with Crippen molar-refractivity contribution < 1.29 is 0 Å². The van der Waals surface area contributed by atoms with Crippen molar-refractivity contribution in [3.8, 4) is 6.07 Å². The Morgan fingerprint density at radius 2 is 1.77 bits per heavy atom. The van der Waals surface area contributed by atoms with Crippen LogP contribution in [0, 0.1) is 11.3 Å². The van der Waals surface area contributed by atoms with E-state index < -0.39 is 0 Å². The van der Waals surface area contributed by atoms with Crippen LogP contribution in [0.5, 0.6) is 0 Å². The van der Waals surface area contributed by atoms with Crippen LogP contribution in [0.3, 0.4) is 0 Å². The summed E-state index contributed by atoms with van der Waals surface area (Å²) in [4.78, 5) is 6.71. The number of pyridine rings is 1. The van der Waals surface area contributed by atoms with E-state index >= 15 is 0 Å². The van der Waals surface area contributed by atoms with E-state index in [-0.39, 0.29) is 0 Å². The van der Waals surface area contributed by atoms with Gasteiger partial charge in [0.25, 0.3) is 0 Å². The maximum Gasteiger partial charge on any atom is 0.142 e. The van der Waals surface area contributed by atoms with Crippen LogP contribution in [0.15, 0.2) is 42.5 Å². The first-order valence-corrected chi connectivity index (χ1v) is 7.84. The zero-order valence-corrected chi connectivity index (χ0v) is 12.6. The van der Waals surface area contributed by atoms with Crippen LogP contribution in [-0.2, 0) is 0 Å². The van der Waals surface area contributed by atoms with E-state index in [2.05, 4.69) is 39.5 Å². The van der Waals surface area contributed by atoms with Crippen LogP contribution in [0.4, 0.5) is 17.2 Å². The molecule has 0 atom stereocenters. The Hall–Kier alpha value is -2.54. The third kappa shape index (κ3) is 3.56. The molecule has 0 unspecified atom stereocenters. The fourth-order valence-electron chi connectivity index (χ4n) is 2.82. The number of rotatable bonds is 3. The summed E-state index contributed by atoms with van der Waals surface area (Å²) in [5, 5.41) is 12.2. The monoisotopic (exact) mass is 292 g/mol. The third-order valence-corrected chi connectivity index (χ3v) is 3.95. The molecule has 1 aliphatic rings. The summed E-state index contributed by atoms with van der Waals surface area (Å²) >= 11 is 0. The molecule has 1 aliphatic heterocycles. The molecule has 1 saturated heterocycles. The van der Waals surface area contributed by atoms with Gasteiger partial charge in [0, 0.05) is 24.5 Å². The van der Waals surface area contributed by atoms with Crippen LogP contribution in [0.2, 0.25) is 0 Å². The first-order valence-electron chi connectivity index (χ1n) is 7.84. The van der Waals surface area contributed by atoms with E-state index in [4.69, 9.17) is 5.26 Å². The van der Waals surface area contributed by atoms with Crippen molar-refractivity contribution >= 4 is 17.2 Å². The normalized spacial score (nSPS) is 15.0. The number of nitriles is 1. The van der Waals surface area contributed by atoms with Gasteiger partial charge in [-0.1, -0.05) is 25.0 Å². The van der Waals surface area contributed by atoms with Gasteiger partial charge in [-0.3, -0.25) is 0 Å². The second kappa shape index (κ2) is 6.95. The molecule has 3 rings (SSSR count). The number of anilines is 3. The lowest BCUT2D eigenvalue weighted by Gasteiger charge is -2.23. The summed E-state index contributed by atoms with van der Waals surface area (Å²) in [6.45, 7) is 2.26. The van der Waals surface area contributed by atoms with Crippen molar-refractivity contribution in [1.82, 2.24) is 4.98 Å². The number of nitrogens with zero attached hydrogens (tertiary/aromatic N) is 3. The molecule has 1 aromatic heterocycles. The van der Waals surface area contributed by atoms with Crippen molar-refractivity contribution in [3.05, 3.63) is 48.2 Å². The van der Waals surface area contributed by atoms with Gasteiger partial charge in [-0.25, -0.2) is 4.98 Å². The lowest BCUT2D eigenvalue weighted by molar-refractivity contribution is 0.726. The highest BCUT2D eigenvalue weighted by molar-refractivity contribution is 5.63. The van der Waals surface area contributed by atoms with Gasteiger partial charge >= 0.3 is 0 Å². The molecule has 0 radical (unpaired) electrons. The third-order valence-electron chi connectivity index (χ3n) is 3.95. The molecule has 1 fully saturated rings. The Bertz CT molecular complexity index is 667. The minimum absolute atomic E-state index is 0.425. The smallest absolute Gasteiger partial charge is 0.142 e. The minimum atomic E-state index is 0.425. The SMILES string of the molecule is N#Cc1cccc(Nc2cccc(N3CCCCCC3)c2)n1. The van der Waals surface area contributed by atoms with Crippen molar-refractivity contribution in [2.24, 2.45) is 0 Å². The van der Waals surface area contributed by atoms with Crippen molar-refractivity contribution in [1.29, 1.82) is 5.26 Å². The summed E-state index contributed by atoms with van der Waals surface area (Å²) in [6.07, 6.45) is 5.20. The molecule has 0 amide bonds. The summed E-state index contributed by atoms with van der Waals surface area (Å²) in [5.41, 5.74) is 2.68. The molecule has 4 heteroatoms. The van der Waals surface area contributed by atoms with E-state index in [9.17, 15) is 0 Å². The Balaban J connectivity index is 1.77. The molecule has 2 heterocycles. The predicted molar refractivity (Wildman–Crippen MR) is 89.4 cm³/mol. The van der Waals surface area contributed by atoms with Gasteiger partial charge in [-0.15, -0.1) is 0 Å². The zero-order valence-electron chi connectivity index (χ0n) is 12.6. The highest BCUT2D eigenvalue weighted by Gasteiger charge is 2.10. The van der Waals surface area contributed by atoms with Crippen LogP contribution in [0.25, 0.3) is 0 Å². The van der Waals surface area contributed by atoms with Gasteiger partial charge in [0.05, 0.1) is 0 Å². The highest BCUT2D eigenvalue weighted by Crippen LogP contribution is 2.24. The predicted octanol–water partition coefficient (Wildman–Crippen LogP) is 4.08. The van der Waals surface area contributed by atoms with E-state index in [1.54, 1.807) is 6.07 Å². The molecule has 0 bridgehead atoms. The van der Waals surface area contributed by atoms with Gasteiger partial charge in [0.1, 0.15) is 17.6 Å². The summed E-state index contributed by atoms with van der Waals surface area (Å²) in [6, 6.07) is 15.9. The molecule has 1 N–H and O–H groups in total. The maximum atomic E-state index is 8.92. The maximum absolute atomic E-state index is 8.92. The lowest BCUT2D eigenvalue weighted by Crippen LogP contribution is -2.23. The van der Waals surface area contributed by atoms with Gasteiger partial charge in [0.2, 0.25) is 0 Å². The van der Waals surface area contributed by atoms with Crippen molar-refractivity contribution in [3.63, 3.8) is 0 Å². The molecule has 4 nitrogen and oxygen atoms in total. The van der Waals surface area contributed by atoms with Gasteiger partial charge in [0.15, 0.2) is 0 Å². The molecular weight excluding hydrogens is 272 g/mol. The van der Waals surface area contributed by atoms with Gasteiger partial charge in [-0.2, -0.15) is 5.26 Å². The molecule has 1 aromatic carbocycles. The van der Waals surface area contributed by atoms with Gasteiger partial charge in [-0.05, 0) is 43.2 Å². The van der Waals surface area contributed by atoms with E-state index in [0.29, 0.717) is 11.5 Å². The fraction of sp³-hybridized carbons (Fsp3) is 0.333. The minimum Gasteiger partial charge on any atom is -0.371 e. The molecule has 0 aliphatic carbocycles. The first kappa shape index (κ1) is 14.4. The van der Waals surface area contributed by atoms with E-state index in [0.717, 1.165) is 18.8 Å². The van der Waals surface area contributed by atoms with Crippen LogP contribution in [-0.4, -0.2) is 18.1 Å². The van der Waals surface area contributed by atoms with Crippen molar-refractivity contribution in [2.45, 2.75) is 25.7 Å². The molecule has 22 heavy (non-hydrogen) atoms. The first-order chi connectivity index (χ1) is 10.8. The molecule has 0 saturated carbocycles. The standard InChI is InChI=1S/C18H20N4/c19-14-16-8-6-10-18(21-16)20-15-7-5-9-17(13-15)22-11-3-1-2-4-12-22/h5-10,13H,1-4,11-12H2,(H,20,21). The molecule has 112 valence electrons. The van der Waals surface area contributed by atoms with Crippen LogP contribution in [0.1, 0.15) is 31.4 Å². The number of hydrogen-bond donors (Lipinski definition) is 1. The number of benzene rings is 1. The zero-order chi connectivity index (χ0) is 15.2. The lowest BCUT2D eigenvalue weighted by atomic mass is 10.2.